The van der Waals surface area contributed by atoms with Crippen LogP contribution in [0.1, 0.15) is 6.42 Å². The van der Waals surface area contributed by atoms with Gasteiger partial charge in [0.1, 0.15) is 17.9 Å². The average molecular weight is 271 g/mol. The fraction of sp³-hybridized carbons (Fsp3) is 0.312. The van der Waals surface area contributed by atoms with Crippen molar-refractivity contribution in [1.82, 2.24) is 5.32 Å². The van der Waals surface area contributed by atoms with E-state index in [-0.39, 0.29) is 18.1 Å². The molecule has 0 amide bonds. The summed E-state index contributed by atoms with van der Waals surface area (Å²) in [7, 11) is 1.41. The maximum atomic E-state index is 11.5. The van der Waals surface area contributed by atoms with Crippen molar-refractivity contribution < 1.29 is 14.3 Å². The van der Waals surface area contributed by atoms with Crippen LogP contribution in [0, 0.1) is 0 Å². The molecule has 4 heteroatoms. The number of fused-ring (bicyclic) bond motifs is 1. The van der Waals surface area contributed by atoms with Crippen molar-refractivity contribution in [3.63, 3.8) is 0 Å². The minimum atomic E-state index is -0.264. The Morgan fingerprint density at radius 1 is 1.20 bits per heavy atom. The molecule has 20 heavy (non-hydrogen) atoms. The molecule has 1 fully saturated rings. The Balaban J connectivity index is 1.76. The molecule has 104 valence electrons. The number of esters is 1. The van der Waals surface area contributed by atoms with Gasteiger partial charge in [-0.2, -0.15) is 0 Å². The van der Waals surface area contributed by atoms with Gasteiger partial charge in [0.15, 0.2) is 0 Å². The first kappa shape index (κ1) is 12.9. The first-order valence-corrected chi connectivity index (χ1v) is 6.73. The topological polar surface area (TPSA) is 47.6 Å². The standard InChI is InChI=1S/C16H17NO3/c1-19-16(18)14-9-12(10-17-14)20-15-8-4-6-11-5-2-3-7-13(11)15/h2-8,12,14,17H,9-10H2,1H3/t12?,14-/m0/s1. The van der Waals surface area contributed by atoms with Crippen LogP contribution >= 0.6 is 0 Å². The van der Waals surface area contributed by atoms with Crippen molar-refractivity contribution in [1.29, 1.82) is 0 Å². The molecular weight excluding hydrogens is 254 g/mol. The molecule has 1 saturated heterocycles. The van der Waals surface area contributed by atoms with E-state index in [4.69, 9.17) is 9.47 Å². The minimum absolute atomic E-state index is 0.00935. The molecule has 2 atom stereocenters. The molecule has 1 heterocycles. The van der Waals surface area contributed by atoms with Crippen LogP contribution in [0.5, 0.6) is 5.75 Å². The average Bonchev–Trinajstić information content (AvgIpc) is 2.95. The fourth-order valence-electron chi connectivity index (χ4n) is 2.59. The molecule has 2 aromatic rings. The van der Waals surface area contributed by atoms with E-state index in [9.17, 15) is 4.79 Å². The number of methoxy groups -OCH3 is 1. The summed E-state index contributed by atoms with van der Waals surface area (Å²) in [5.74, 6) is 0.634. The summed E-state index contributed by atoms with van der Waals surface area (Å²) < 4.78 is 10.8. The van der Waals surface area contributed by atoms with Gasteiger partial charge in [-0.15, -0.1) is 0 Å². The van der Waals surface area contributed by atoms with E-state index < -0.39 is 0 Å². The zero-order valence-electron chi connectivity index (χ0n) is 11.3. The molecule has 0 radical (unpaired) electrons. The van der Waals surface area contributed by atoms with E-state index in [1.807, 2.05) is 30.3 Å². The van der Waals surface area contributed by atoms with Gasteiger partial charge in [-0.05, 0) is 11.5 Å². The van der Waals surface area contributed by atoms with Crippen molar-refractivity contribution in [2.75, 3.05) is 13.7 Å². The molecule has 1 N–H and O–H groups in total. The molecule has 4 nitrogen and oxygen atoms in total. The highest BCUT2D eigenvalue weighted by molar-refractivity contribution is 5.88. The Morgan fingerprint density at radius 3 is 2.85 bits per heavy atom. The van der Waals surface area contributed by atoms with Crippen LogP contribution in [-0.4, -0.2) is 31.8 Å². The first-order valence-electron chi connectivity index (χ1n) is 6.73. The van der Waals surface area contributed by atoms with Crippen molar-refractivity contribution in [3.05, 3.63) is 42.5 Å². The van der Waals surface area contributed by atoms with Crippen molar-refractivity contribution >= 4 is 16.7 Å². The van der Waals surface area contributed by atoms with Crippen LogP contribution in [-0.2, 0) is 9.53 Å². The zero-order chi connectivity index (χ0) is 13.9. The van der Waals surface area contributed by atoms with Gasteiger partial charge < -0.3 is 14.8 Å². The third kappa shape index (κ3) is 2.47. The Labute approximate surface area is 117 Å². The second-order valence-electron chi connectivity index (χ2n) is 4.94. The predicted molar refractivity (Wildman–Crippen MR) is 76.8 cm³/mol. The molecule has 2 aromatic carbocycles. The number of rotatable bonds is 3. The maximum absolute atomic E-state index is 11.5. The highest BCUT2D eigenvalue weighted by Gasteiger charge is 2.31. The highest BCUT2D eigenvalue weighted by Crippen LogP contribution is 2.27. The van der Waals surface area contributed by atoms with Crippen molar-refractivity contribution in [2.24, 2.45) is 0 Å². The molecule has 0 saturated carbocycles. The first-order chi connectivity index (χ1) is 9.78. The summed E-state index contributed by atoms with van der Waals surface area (Å²) in [6, 6.07) is 13.9. The van der Waals surface area contributed by atoms with E-state index in [1.165, 1.54) is 7.11 Å². The van der Waals surface area contributed by atoms with Crippen molar-refractivity contribution in [3.8, 4) is 5.75 Å². The molecule has 0 spiro atoms. The Kier molecular flexibility index (Phi) is 3.56. The summed E-state index contributed by atoms with van der Waals surface area (Å²) in [5.41, 5.74) is 0. The molecule has 0 aromatic heterocycles. The molecule has 3 rings (SSSR count). The number of hydrogen-bond acceptors (Lipinski definition) is 4. The van der Waals surface area contributed by atoms with Crippen LogP contribution in [0.25, 0.3) is 10.8 Å². The van der Waals surface area contributed by atoms with Crippen molar-refractivity contribution in [2.45, 2.75) is 18.6 Å². The van der Waals surface area contributed by atoms with Crippen LogP contribution < -0.4 is 10.1 Å². The normalized spacial score (nSPS) is 21.9. The number of benzene rings is 2. The summed E-state index contributed by atoms with van der Waals surface area (Å²) in [4.78, 5) is 11.5. The summed E-state index contributed by atoms with van der Waals surface area (Å²) in [6.07, 6.45) is 0.625. The predicted octanol–water partition coefficient (Wildman–Crippen LogP) is 2.12. The zero-order valence-corrected chi connectivity index (χ0v) is 11.3. The van der Waals surface area contributed by atoms with E-state index in [1.54, 1.807) is 0 Å². The smallest absolute Gasteiger partial charge is 0.323 e. The third-order valence-corrected chi connectivity index (χ3v) is 3.62. The van der Waals surface area contributed by atoms with Crippen LogP contribution in [0.2, 0.25) is 0 Å². The monoisotopic (exact) mass is 271 g/mol. The quantitative estimate of drug-likeness (QED) is 0.869. The number of carbonyl (C=O) groups is 1. The van der Waals surface area contributed by atoms with E-state index in [0.29, 0.717) is 13.0 Å². The molecule has 1 aliphatic rings. The molecule has 0 bridgehead atoms. The van der Waals surface area contributed by atoms with Crippen LogP contribution in [0.15, 0.2) is 42.5 Å². The highest BCUT2D eigenvalue weighted by atomic mass is 16.5. The lowest BCUT2D eigenvalue weighted by molar-refractivity contribution is -0.142. The van der Waals surface area contributed by atoms with Gasteiger partial charge in [-0.3, -0.25) is 4.79 Å². The number of nitrogens with one attached hydrogen (secondary N) is 1. The molecular formula is C16H17NO3. The Bertz CT molecular complexity index is 621. The van der Waals surface area contributed by atoms with Gasteiger partial charge in [0.05, 0.1) is 7.11 Å². The van der Waals surface area contributed by atoms with E-state index in [0.717, 1.165) is 16.5 Å². The lowest BCUT2D eigenvalue weighted by atomic mass is 10.1. The van der Waals surface area contributed by atoms with E-state index in [2.05, 4.69) is 17.4 Å². The lowest BCUT2D eigenvalue weighted by Crippen LogP contribution is -2.31. The van der Waals surface area contributed by atoms with Crippen LogP contribution in [0.4, 0.5) is 0 Å². The fourth-order valence-corrected chi connectivity index (χ4v) is 2.59. The van der Waals surface area contributed by atoms with E-state index >= 15 is 0 Å². The summed E-state index contributed by atoms with van der Waals surface area (Å²) in [5, 5.41) is 5.37. The summed E-state index contributed by atoms with van der Waals surface area (Å²) >= 11 is 0. The van der Waals surface area contributed by atoms with Gasteiger partial charge in [0.2, 0.25) is 0 Å². The Hall–Kier alpha value is -2.07. The number of ether oxygens (including phenoxy) is 2. The largest absolute Gasteiger partial charge is 0.488 e. The number of carbonyl (C=O) groups excluding carboxylic acids is 1. The maximum Gasteiger partial charge on any atom is 0.323 e. The second-order valence-corrected chi connectivity index (χ2v) is 4.94. The summed E-state index contributed by atoms with van der Waals surface area (Å²) in [6.45, 7) is 0.656. The number of hydrogen-bond donors (Lipinski definition) is 1. The lowest BCUT2D eigenvalue weighted by Gasteiger charge is -2.14. The van der Waals surface area contributed by atoms with Gasteiger partial charge in [0, 0.05) is 18.4 Å². The molecule has 0 aliphatic carbocycles. The minimum Gasteiger partial charge on any atom is -0.488 e. The Morgan fingerprint density at radius 2 is 2.00 bits per heavy atom. The van der Waals surface area contributed by atoms with Crippen LogP contribution in [0.3, 0.4) is 0 Å². The SMILES string of the molecule is COC(=O)[C@@H]1CC(Oc2cccc3ccccc23)CN1. The second kappa shape index (κ2) is 5.51. The third-order valence-electron chi connectivity index (χ3n) is 3.62. The van der Waals surface area contributed by atoms with Gasteiger partial charge >= 0.3 is 5.97 Å². The van der Waals surface area contributed by atoms with Gasteiger partial charge in [-0.25, -0.2) is 0 Å². The molecule has 1 aliphatic heterocycles. The van der Waals surface area contributed by atoms with Gasteiger partial charge in [0.25, 0.3) is 0 Å². The molecule has 1 unspecified atom stereocenters. The van der Waals surface area contributed by atoms with Gasteiger partial charge in [-0.1, -0.05) is 36.4 Å².